The molecule has 3 aromatic rings. The molecule has 2 N–H and O–H groups in total. The fourth-order valence-electron chi connectivity index (χ4n) is 2.21. The molecule has 0 bridgehead atoms. The van der Waals surface area contributed by atoms with Gasteiger partial charge in [-0.2, -0.15) is 0 Å². The molecule has 1 aromatic carbocycles. The molecule has 3 rings (SSSR count). The summed E-state index contributed by atoms with van der Waals surface area (Å²) in [5, 5.41) is 0.639. The van der Waals surface area contributed by atoms with Crippen LogP contribution in [0, 0.1) is 0 Å². The van der Waals surface area contributed by atoms with Crippen LogP contribution in [0.25, 0.3) is 11.0 Å². The molecule has 0 atom stereocenters. The van der Waals surface area contributed by atoms with Crippen molar-refractivity contribution in [2.45, 2.75) is 6.54 Å². The lowest BCUT2D eigenvalue weighted by Crippen LogP contribution is -2.06. The van der Waals surface area contributed by atoms with Gasteiger partial charge in [-0.25, -0.2) is 4.98 Å². The Labute approximate surface area is 121 Å². The Bertz CT molecular complexity index is 769. The summed E-state index contributed by atoms with van der Waals surface area (Å²) in [7, 11) is 1.62. The van der Waals surface area contributed by atoms with Crippen LogP contribution in [0.4, 0.5) is 5.95 Å². The number of pyridine rings is 1. The molecule has 0 aliphatic rings. The first-order chi connectivity index (χ1) is 9.70. The maximum atomic E-state index is 6.26. The summed E-state index contributed by atoms with van der Waals surface area (Å²) in [5.74, 6) is 1.16. The fraction of sp³-hybridized carbons (Fsp3) is 0.143. The van der Waals surface area contributed by atoms with Gasteiger partial charge in [-0.3, -0.25) is 4.98 Å². The monoisotopic (exact) mass is 288 g/mol. The van der Waals surface area contributed by atoms with Gasteiger partial charge in [-0.1, -0.05) is 17.7 Å². The molecule has 0 fully saturated rings. The quantitative estimate of drug-likeness (QED) is 0.805. The molecule has 0 aliphatic carbocycles. The van der Waals surface area contributed by atoms with Crippen LogP contribution in [0.5, 0.6) is 5.75 Å². The lowest BCUT2D eigenvalue weighted by molar-refractivity contribution is 0.409. The number of rotatable bonds is 3. The lowest BCUT2D eigenvalue weighted by Gasteiger charge is -2.12. The van der Waals surface area contributed by atoms with Gasteiger partial charge in [0.2, 0.25) is 5.95 Å². The van der Waals surface area contributed by atoms with Gasteiger partial charge in [0, 0.05) is 16.8 Å². The number of benzene rings is 1. The predicted molar refractivity (Wildman–Crippen MR) is 79.0 cm³/mol. The van der Waals surface area contributed by atoms with E-state index in [1.165, 1.54) is 0 Å². The highest BCUT2D eigenvalue weighted by Gasteiger charge is 2.13. The van der Waals surface area contributed by atoms with E-state index in [0.29, 0.717) is 17.5 Å². The third-order valence-corrected chi connectivity index (χ3v) is 3.55. The molecule has 20 heavy (non-hydrogen) atoms. The number of nitrogens with zero attached hydrogens (tertiary/aromatic N) is 3. The molecule has 0 amide bonds. The van der Waals surface area contributed by atoms with Crippen molar-refractivity contribution >= 4 is 28.6 Å². The summed E-state index contributed by atoms with van der Waals surface area (Å²) in [4.78, 5) is 8.33. The molecule has 0 unspecified atom stereocenters. The summed E-state index contributed by atoms with van der Waals surface area (Å²) in [6.07, 6.45) is 3.40. The van der Waals surface area contributed by atoms with Crippen molar-refractivity contribution in [3.05, 3.63) is 47.2 Å². The molecule has 102 valence electrons. The number of hydrogen-bond donors (Lipinski definition) is 1. The highest BCUT2D eigenvalue weighted by molar-refractivity contribution is 6.31. The van der Waals surface area contributed by atoms with Gasteiger partial charge >= 0.3 is 0 Å². The van der Waals surface area contributed by atoms with Crippen LogP contribution in [0.1, 0.15) is 5.56 Å². The molecule has 6 heteroatoms. The van der Waals surface area contributed by atoms with Crippen molar-refractivity contribution in [2.24, 2.45) is 0 Å². The highest BCUT2D eigenvalue weighted by Crippen LogP contribution is 2.29. The number of methoxy groups -OCH3 is 1. The largest absolute Gasteiger partial charge is 0.496 e. The summed E-state index contributed by atoms with van der Waals surface area (Å²) in [5.41, 5.74) is 8.53. The molecule has 5 nitrogen and oxygen atoms in total. The van der Waals surface area contributed by atoms with E-state index < -0.39 is 0 Å². The SMILES string of the molecule is COc1cccc(Cl)c1Cn1c(N)nc2cnccc21. The number of nitrogens with two attached hydrogens (primary N) is 1. The molecule has 0 spiro atoms. The summed E-state index contributed by atoms with van der Waals surface area (Å²) >= 11 is 6.26. The number of anilines is 1. The van der Waals surface area contributed by atoms with Gasteiger partial charge < -0.3 is 15.0 Å². The molecular formula is C14H13ClN4O. The number of imidazole rings is 1. The molecule has 0 radical (unpaired) electrons. The summed E-state index contributed by atoms with van der Waals surface area (Å²) in [6.45, 7) is 0.495. The topological polar surface area (TPSA) is 66.0 Å². The minimum Gasteiger partial charge on any atom is -0.496 e. The van der Waals surface area contributed by atoms with Crippen molar-refractivity contribution in [1.82, 2.24) is 14.5 Å². The summed E-state index contributed by atoms with van der Waals surface area (Å²) in [6, 6.07) is 7.43. The van der Waals surface area contributed by atoms with Crippen LogP contribution in [-0.2, 0) is 6.54 Å². The van der Waals surface area contributed by atoms with E-state index >= 15 is 0 Å². The van der Waals surface area contributed by atoms with E-state index in [0.717, 1.165) is 22.3 Å². The second kappa shape index (κ2) is 5.02. The molecule has 0 aliphatic heterocycles. The van der Waals surface area contributed by atoms with Crippen molar-refractivity contribution < 1.29 is 4.74 Å². The second-order valence-corrected chi connectivity index (χ2v) is 4.75. The van der Waals surface area contributed by atoms with E-state index in [9.17, 15) is 0 Å². The van der Waals surface area contributed by atoms with Gasteiger partial charge in [0.15, 0.2) is 0 Å². The van der Waals surface area contributed by atoms with Crippen molar-refractivity contribution in [3.63, 3.8) is 0 Å². The first-order valence-electron chi connectivity index (χ1n) is 6.08. The van der Waals surface area contributed by atoms with Crippen LogP contribution in [0.2, 0.25) is 5.02 Å². The van der Waals surface area contributed by atoms with Crippen LogP contribution >= 0.6 is 11.6 Å². The molecule has 2 aromatic heterocycles. The van der Waals surface area contributed by atoms with Crippen LogP contribution in [0.15, 0.2) is 36.7 Å². The maximum Gasteiger partial charge on any atom is 0.201 e. The Hall–Kier alpha value is -2.27. The van der Waals surface area contributed by atoms with Crippen LogP contribution in [0.3, 0.4) is 0 Å². The summed E-state index contributed by atoms with van der Waals surface area (Å²) < 4.78 is 7.25. The molecule has 2 heterocycles. The third-order valence-electron chi connectivity index (χ3n) is 3.19. The highest BCUT2D eigenvalue weighted by atomic mass is 35.5. The Balaban J connectivity index is 2.12. The zero-order valence-electron chi connectivity index (χ0n) is 10.9. The standard InChI is InChI=1S/C14H13ClN4O/c1-20-13-4-2-3-10(15)9(13)8-19-12-5-6-17-7-11(12)18-14(19)16/h2-7H,8H2,1H3,(H2,16,18). The molecule has 0 saturated carbocycles. The Kier molecular flexibility index (Phi) is 3.20. The minimum atomic E-state index is 0.426. The molecular weight excluding hydrogens is 276 g/mol. The van der Waals surface area contributed by atoms with Gasteiger partial charge in [0.25, 0.3) is 0 Å². The number of aromatic nitrogens is 3. The number of fused-ring (bicyclic) bond motifs is 1. The number of ether oxygens (including phenoxy) is 1. The smallest absolute Gasteiger partial charge is 0.201 e. The van der Waals surface area contributed by atoms with Crippen molar-refractivity contribution in [1.29, 1.82) is 0 Å². The van der Waals surface area contributed by atoms with E-state index in [1.807, 2.05) is 28.8 Å². The van der Waals surface area contributed by atoms with E-state index in [2.05, 4.69) is 9.97 Å². The van der Waals surface area contributed by atoms with E-state index in [-0.39, 0.29) is 0 Å². The maximum absolute atomic E-state index is 6.26. The predicted octanol–water partition coefficient (Wildman–Crippen LogP) is 2.72. The first kappa shape index (κ1) is 12.7. The minimum absolute atomic E-state index is 0.426. The third kappa shape index (κ3) is 2.06. The van der Waals surface area contributed by atoms with Gasteiger partial charge in [-0.05, 0) is 18.2 Å². The van der Waals surface area contributed by atoms with E-state index in [4.69, 9.17) is 22.1 Å². The van der Waals surface area contributed by atoms with Crippen LogP contribution < -0.4 is 10.5 Å². The van der Waals surface area contributed by atoms with Gasteiger partial charge in [-0.15, -0.1) is 0 Å². The average Bonchev–Trinajstić information content (AvgIpc) is 2.77. The Morgan fingerprint density at radius 1 is 1.35 bits per heavy atom. The van der Waals surface area contributed by atoms with Gasteiger partial charge in [0.05, 0.1) is 25.4 Å². The number of hydrogen-bond acceptors (Lipinski definition) is 4. The number of nitrogen functional groups attached to an aromatic ring is 1. The van der Waals surface area contributed by atoms with Crippen LogP contribution in [-0.4, -0.2) is 21.6 Å². The van der Waals surface area contributed by atoms with E-state index in [1.54, 1.807) is 19.5 Å². The fourth-order valence-corrected chi connectivity index (χ4v) is 2.43. The molecule has 0 saturated heterocycles. The second-order valence-electron chi connectivity index (χ2n) is 4.34. The number of halogens is 1. The lowest BCUT2D eigenvalue weighted by atomic mass is 10.2. The first-order valence-corrected chi connectivity index (χ1v) is 6.45. The van der Waals surface area contributed by atoms with Gasteiger partial charge in [0.1, 0.15) is 11.3 Å². The zero-order valence-corrected chi connectivity index (χ0v) is 11.6. The normalized spacial score (nSPS) is 10.9. The average molecular weight is 289 g/mol. The van der Waals surface area contributed by atoms with Crippen molar-refractivity contribution in [2.75, 3.05) is 12.8 Å². The Morgan fingerprint density at radius 2 is 2.20 bits per heavy atom. The van der Waals surface area contributed by atoms with Crippen molar-refractivity contribution in [3.8, 4) is 5.75 Å². The zero-order chi connectivity index (χ0) is 14.1. The Morgan fingerprint density at radius 3 is 3.00 bits per heavy atom.